The third-order valence-electron chi connectivity index (χ3n) is 3.72. The number of rotatable bonds is 3. The molecule has 0 atom stereocenters. The Kier molecular flexibility index (Phi) is 5.71. The smallest absolute Gasteiger partial charge is 0.122 e. The van der Waals surface area contributed by atoms with Gasteiger partial charge in [-0.2, -0.15) is 0 Å². The first-order valence-corrected chi connectivity index (χ1v) is 7.40. The van der Waals surface area contributed by atoms with Gasteiger partial charge in [0.1, 0.15) is 5.75 Å². The fraction of sp³-hybridized carbons (Fsp3) is 0.647. The summed E-state index contributed by atoms with van der Waals surface area (Å²) in [5.41, 5.74) is 3.54. The van der Waals surface area contributed by atoms with E-state index in [1.807, 2.05) is 13.8 Å². The molecule has 1 aromatic rings. The normalized spacial score (nSPS) is 15.0. The van der Waals surface area contributed by atoms with Crippen molar-refractivity contribution < 1.29 is 5.11 Å². The van der Waals surface area contributed by atoms with Gasteiger partial charge in [-0.1, -0.05) is 64.7 Å². The number of aryl methyl sites for hydroxylation is 1. The Bertz CT molecular complexity index is 375. The molecule has 0 saturated heterocycles. The molecule has 1 heteroatoms. The number of hydrogen-bond donors (Lipinski definition) is 1. The zero-order valence-electron chi connectivity index (χ0n) is 12.6. The van der Waals surface area contributed by atoms with Gasteiger partial charge in [0, 0.05) is 0 Å². The zero-order chi connectivity index (χ0) is 13.7. The van der Waals surface area contributed by atoms with Gasteiger partial charge in [-0.15, -0.1) is 0 Å². The fourth-order valence-electron chi connectivity index (χ4n) is 2.49. The standard InChI is InChI=1S/C15H22O.C2H6/c1-10(2)14-8-11(3)7-13(15(14)16)9-12-5-4-6-12;1-2/h7-8,10,12,16H,4-6,9H2,1-3H3;1-2H3. The molecule has 1 N–H and O–H groups in total. The molecule has 1 fully saturated rings. The minimum Gasteiger partial charge on any atom is -0.507 e. The number of benzene rings is 1. The molecule has 0 aromatic heterocycles. The van der Waals surface area contributed by atoms with Crippen LogP contribution in [0.2, 0.25) is 0 Å². The van der Waals surface area contributed by atoms with Crippen LogP contribution in [0.3, 0.4) is 0 Å². The van der Waals surface area contributed by atoms with E-state index in [-0.39, 0.29) is 0 Å². The van der Waals surface area contributed by atoms with Crippen molar-refractivity contribution in [3.05, 3.63) is 28.8 Å². The first-order valence-electron chi connectivity index (χ1n) is 7.40. The molecule has 1 aliphatic rings. The van der Waals surface area contributed by atoms with Gasteiger partial charge in [0.15, 0.2) is 0 Å². The summed E-state index contributed by atoms with van der Waals surface area (Å²) in [7, 11) is 0. The molecule has 0 aliphatic heterocycles. The quantitative estimate of drug-likeness (QED) is 0.780. The van der Waals surface area contributed by atoms with Crippen LogP contribution in [-0.2, 0) is 6.42 Å². The summed E-state index contributed by atoms with van der Waals surface area (Å²) in [6.45, 7) is 10.4. The molecule has 1 aliphatic carbocycles. The lowest BCUT2D eigenvalue weighted by atomic mass is 9.80. The van der Waals surface area contributed by atoms with Crippen molar-refractivity contribution in [1.82, 2.24) is 0 Å². The van der Waals surface area contributed by atoms with Crippen molar-refractivity contribution in [3.8, 4) is 5.75 Å². The molecule has 0 spiro atoms. The highest BCUT2D eigenvalue weighted by molar-refractivity contribution is 5.45. The van der Waals surface area contributed by atoms with E-state index in [2.05, 4.69) is 32.9 Å². The van der Waals surface area contributed by atoms with Crippen LogP contribution in [0.5, 0.6) is 5.75 Å². The Morgan fingerprint density at radius 1 is 1.22 bits per heavy atom. The van der Waals surface area contributed by atoms with E-state index in [1.54, 1.807) is 0 Å². The lowest BCUT2D eigenvalue weighted by Crippen LogP contribution is -2.14. The summed E-state index contributed by atoms with van der Waals surface area (Å²) in [5.74, 6) is 1.76. The summed E-state index contributed by atoms with van der Waals surface area (Å²) in [6.07, 6.45) is 5.11. The summed E-state index contributed by atoms with van der Waals surface area (Å²) >= 11 is 0. The van der Waals surface area contributed by atoms with E-state index in [1.165, 1.54) is 24.8 Å². The molecular weight excluding hydrogens is 220 g/mol. The number of hydrogen-bond acceptors (Lipinski definition) is 1. The lowest BCUT2D eigenvalue weighted by molar-refractivity contribution is 0.310. The molecule has 1 saturated carbocycles. The summed E-state index contributed by atoms with van der Waals surface area (Å²) in [5, 5.41) is 10.3. The Labute approximate surface area is 112 Å². The second-order valence-electron chi connectivity index (χ2n) is 5.52. The Morgan fingerprint density at radius 2 is 1.83 bits per heavy atom. The lowest BCUT2D eigenvalue weighted by Gasteiger charge is -2.26. The van der Waals surface area contributed by atoms with Crippen LogP contribution in [0.25, 0.3) is 0 Å². The van der Waals surface area contributed by atoms with Crippen molar-refractivity contribution in [2.45, 2.75) is 66.2 Å². The maximum Gasteiger partial charge on any atom is 0.122 e. The van der Waals surface area contributed by atoms with Crippen molar-refractivity contribution >= 4 is 0 Å². The van der Waals surface area contributed by atoms with E-state index in [0.29, 0.717) is 11.7 Å². The topological polar surface area (TPSA) is 20.2 Å². The van der Waals surface area contributed by atoms with Gasteiger partial charge in [-0.05, 0) is 36.3 Å². The molecule has 0 amide bonds. The van der Waals surface area contributed by atoms with Crippen molar-refractivity contribution in [2.75, 3.05) is 0 Å². The number of phenolic OH excluding ortho intramolecular Hbond substituents is 1. The molecule has 1 aromatic carbocycles. The molecule has 18 heavy (non-hydrogen) atoms. The first kappa shape index (κ1) is 15.1. The van der Waals surface area contributed by atoms with E-state index in [9.17, 15) is 5.11 Å². The van der Waals surface area contributed by atoms with E-state index >= 15 is 0 Å². The molecule has 0 radical (unpaired) electrons. The SMILES string of the molecule is CC.Cc1cc(CC2CCC2)c(O)c(C(C)C)c1. The minimum absolute atomic E-state index is 0.403. The Morgan fingerprint density at radius 3 is 2.28 bits per heavy atom. The van der Waals surface area contributed by atoms with Gasteiger partial charge in [-0.3, -0.25) is 0 Å². The van der Waals surface area contributed by atoms with E-state index in [0.717, 1.165) is 23.5 Å². The molecular formula is C17H28O. The summed E-state index contributed by atoms with van der Waals surface area (Å²) < 4.78 is 0. The zero-order valence-corrected chi connectivity index (χ0v) is 12.6. The van der Waals surface area contributed by atoms with Crippen LogP contribution >= 0.6 is 0 Å². The highest BCUT2D eigenvalue weighted by Crippen LogP contribution is 2.36. The molecule has 0 unspecified atom stereocenters. The molecule has 102 valence electrons. The van der Waals surface area contributed by atoms with Gasteiger partial charge < -0.3 is 5.11 Å². The van der Waals surface area contributed by atoms with E-state index in [4.69, 9.17) is 0 Å². The summed E-state index contributed by atoms with van der Waals surface area (Å²) in [4.78, 5) is 0. The predicted octanol–water partition coefficient (Wildman–Crippen LogP) is 5.19. The van der Waals surface area contributed by atoms with E-state index < -0.39 is 0 Å². The van der Waals surface area contributed by atoms with Crippen molar-refractivity contribution in [3.63, 3.8) is 0 Å². The third kappa shape index (κ3) is 3.51. The van der Waals surface area contributed by atoms with Gasteiger partial charge in [-0.25, -0.2) is 0 Å². The van der Waals surface area contributed by atoms with Crippen molar-refractivity contribution in [1.29, 1.82) is 0 Å². The number of phenols is 1. The Hall–Kier alpha value is -0.980. The second kappa shape index (κ2) is 6.82. The fourth-order valence-corrected chi connectivity index (χ4v) is 2.49. The highest BCUT2D eigenvalue weighted by Gasteiger charge is 2.20. The van der Waals surface area contributed by atoms with Gasteiger partial charge in [0.2, 0.25) is 0 Å². The van der Waals surface area contributed by atoms with Crippen LogP contribution in [0.4, 0.5) is 0 Å². The highest BCUT2D eigenvalue weighted by atomic mass is 16.3. The van der Waals surface area contributed by atoms with Crippen LogP contribution in [0.1, 0.15) is 69.6 Å². The Balaban J connectivity index is 0.000000771. The van der Waals surface area contributed by atoms with Crippen LogP contribution in [-0.4, -0.2) is 5.11 Å². The average molecular weight is 248 g/mol. The monoisotopic (exact) mass is 248 g/mol. The molecule has 1 nitrogen and oxygen atoms in total. The van der Waals surface area contributed by atoms with Crippen LogP contribution in [0.15, 0.2) is 12.1 Å². The third-order valence-corrected chi connectivity index (χ3v) is 3.72. The molecule has 0 bridgehead atoms. The molecule has 2 rings (SSSR count). The second-order valence-corrected chi connectivity index (χ2v) is 5.52. The largest absolute Gasteiger partial charge is 0.507 e. The summed E-state index contributed by atoms with van der Waals surface area (Å²) in [6, 6.07) is 4.27. The first-order chi connectivity index (χ1) is 8.58. The molecule has 0 heterocycles. The maximum atomic E-state index is 10.3. The van der Waals surface area contributed by atoms with Crippen LogP contribution < -0.4 is 0 Å². The van der Waals surface area contributed by atoms with Gasteiger partial charge in [0.25, 0.3) is 0 Å². The minimum atomic E-state index is 0.403. The number of aromatic hydroxyl groups is 1. The van der Waals surface area contributed by atoms with Gasteiger partial charge in [0.05, 0.1) is 0 Å². The predicted molar refractivity (Wildman–Crippen MR) is 79.3 cm³/mol. The maximum absolute atomic E-state index is 10.3. The van der Waals surface area contributed by atoms with Crippen molar-refractivity contribution in [2.24, 2.45) is 5.92 Å². The van der Waals surface area contributed by atoms with Crippen LogP contribution in [0, 0.1) is 12.8 Å². The average Bonchev–Trinajstić information content (AvgIpc) is 2.29. The van der Waals surface area contributed by atoms with Gasteiger partial charge >= 0.3 is 0 Å².